The Morgan fingerprint density at radius 2 is 2.11 bits per heavy atom. The summed E-state index contributed by atoms with van der Waals surface area (Å²) in [5, 5.41) is 5.34. The summed E-state index contributed by atoms with van der Waals surface area (Å²) in [4.78, 5) is 39.8. The molecule has 0 unspecified atom stereocenters. The first-order valence-electron chi connectivity index (χ1n) is 8.48. The number of ether oxygens (including phenoxy) is 1. The Hall–Kier alpha value is -2.81. The van der Waals surface area contributed by atoms with Gasteiger partial charge in [0.05, 0.1) is 29.0 Å². The lowest BCUT2D eigenvalue weighted by Gasteiger charge is -2.06. The second-order valence-electron chi connectivity index (χ2n) is 5.40. The third kappa shape index (κ3) is 5.33. The van der Waals surface area contributed by atoms with Crippen LogP contribution in [0.3, 0.4) is 0 Å². The summed E-state index contributed by atoms with van der Waals surface area (Å²) in [6.45, 7) is 8.43. The van der Waals surface area contributed by atoms with Gasteiger partial charge < -0.3 is 14.6 Å². The lowest BCUT2D eigenvalue weighted by molar-refractivity contribution is -0.117. The summed E-state index contributed by atoms with van der Waals surface area (Å²) in [6, 6.07) is 4.61. The summed E-state index contributed by atoms with van der Waals surface area (Å²) in [7, 11) is 0. The minimum Gasteiger partial charge on any atom is -0.462 e. The average Bonchev–Trinajstić information content (AvgIpc) is 3.01. The predicted octanol–water partition coefficient (Wildman–Crippen LogP) is 2.34. The molecule has 0 bridgehead atoms. The van der Waals surface area contributed by atoms with Crippen molar-refractivity contribution in [1.29, 1.82) is 0 Å². The Kier molecular flexibility index (Phi) is 7.42. The van der Waals surface area contributed by atoms with E-state index in [4.69, 9.17) is 4.74 Å². The summed E-state index contributed by atoms with van der Waals surface area (Å²) < 4.78 is 6.95. The van der Waals surface area contributed by atoms with Crippen LogP contribution in [0.2, 0.25) is 0 Å². The highest BCUT2D eigenvalue weighted by Gasteiger charge is 2.15. The molecule has 0 fully saturated rings. The number of benzene rings is 1. The van der Waals surface area contributed by atoms with Gasteiger partial charge in [-0.05, 0) is 32.0 Å². The molecule has 2 aromatic rings. The van der Waals surface area contributed by atoms with E-state index in [9.17, 15) is 14.4 Å². The van der Waals surface area contributed by atoms with E-state index in [1.165, 1.54) is 17.8 Å². The predicted molar refractivity (Wildman–Crippen MR) is 104 cm³/mol. The molecule has 1 aromatic heterocycles. The smallest absolute Gasteiger partial charge is 0.338 e. The standard InChI is InChI=1S/C18H22N4O4S/c1-4-9-19-17(25)21-15(23)11-27-18-20-13-10-12(16(24)26-6-3)7-8-14(13)22(18)5-2/h4,7-8,10H,1,5-6,9,11H2,2-3H3,(H2,19,21,23,25). The Balaban J connectivity index is 2.11. The van der Waals surface area contributed by atoms with Crippen molar-refractivity contribution < 1.29 is 19.1 Å². The monoisotopic (exact) mass is 390 g/mol. The van der Waals surface area contributed by atoms with Crippen molar-refractivity contribution in [3.05, 3.63) is 36.4 Å². The van der Waals surface area contributed by atoms with E-state index in [0.717, 1.165) is 5.52 Å². The van der Waals surface area contributed by atoms with Crippen LogP contribution in [-0.4, -0.2) is 46.4 Å². The van der Waals surface area contributed by atoms with E-state index in [2.05, 4.69) is 22.2 Å². The highest BCUT2D eigenvalue weighted by Crippen LogP contribution is 2.25. The fourth-order valence-corrected chi connectivity index (χ4v) is 3.25. The quantitative estimate of drug-likeness (QED) is 0.407. The van der Waals surface area contributed by atoms with Crippen molar-refractivity contribution in [2.24, 2.45) is 0 Å². The first kappa shape index (κ1) is 20.5. The number of aryl methyl sites for hydroxylation is 1. The number of hydrogen-bond acceptors (Lipinski definition) is 6. The fraction of sp³-hybridized carbons (Fsp3) is 0.333. The summed E-state index contributed by atoms with van der Waals surface area (Å²) in [5.41, 5.74) is 1.93. The third-order valence-electron chi connectivity index (χ3n) is 3.53. The lowest BCUT2D eigenvalue weighted by atomic mass is 10.2. The maximum Gasteiger partial charge on any atom is 0.338 e. The number of nitrogens with zero attached hydrogens (tertiary/aromatic N) is 2. The molecule has 0 aliphatic carbocycles. The number of carbonyl (C=O) groups is 3. The van der Waals surface area contributed by atoms with Gasteiger partial charge in [-0.15, -0.1) is 6.58 Å². The van der Waals surface area contributed by atoms with Gasteiger partial charge in [-0.2, -0.15) is 0 Å². The van der Waals surface area contributed by atoms with Crippen LogP contribution in [0.4, 0.5) is 4.79 Å². The van der Waals surface area contributed by atoms with Crippen LogP contribution in [-0.2, 0) is 16.1 Å². The number of imidazole rings is 1. The molecule has 0 atom stereocenters. The Bertz CT molecular complexity index is 862. The van der Waals surface area contributed by atoms with Gasteiger partial charge in [-0.3, -0.25) is 10.1 Å². The van der Waals surface area contributed by atoms with Gasteiger partial charge in [-0.25, -0.2) is 14.6 Å². The molecule has 3 amide bonds. The normalized spacial score (nSPS) is 10.4. The van der Waals surface area contributed by atoms with E-state index >= 15 is 0 Å². The number of imide groups is 1. The van der Waals surface area contributed by atoms with Crippen molar-refractivity contribution in [1.82, 2.24) is 20.2 Å². The number of esters is 1. The van der Waals surface area contributed by atoms with Crippen LogP contribution in [0.1, 0.15) is 24.2 Å². The second kappa shape index (κ2) is 9.77. The minimum absolute atomic E-state index is 0.0373. The average molecular weight is 390 g/mol. The highest BCUT2D eigenvalue weighted by molar-refractivity contribution is 7.99. The zero-order valence-corrected chi connectivity index (χ0v) is 16.1. The maximum atomic E-state index is 11.9. The fourth-order valence-electron chi connectivity index (χ4n) is 2.37. The van der Waals surface area contributed by atoms with Gasteiger partial charge in [0.1, 0.15) is 0 Å². The molecule has 0 radical (unpaired) electrons. The largest absolute Gasteiger partial charge is 0.462 e. The van der Waals surface area contributed by atoms with E-state index in [-0.39, 0.29) is 12.3 Å². The SMILES string of the molecule is C=CCNC(=O)NC(=O)CSc1nc2cc(C(=O)OCC)ccc2n1CC. The molecule has 2 rings (SSSR count). The summed E-state index contributed by atoms with van der Waals surface area (Å²) in [6.07, 6.45) is 1.52. The molecule has 0 aliphatic heterocycles. The van der Waals surface area contributed by atoms with Crippen molar-refractivity contribution in [3.8, 4) is 0 Å². The molecule has 0 saturated heterocycles. The van der Waals surface area contributed by atoms with Gasteiger partial charge in [0, 0.05) is 13.1 Å². The zero-order chi connectivity index (χ0) is 19.8. The summed E-state index contributed by atoms with van der Waals surface area (Å²) in [5.74, 6) is -0.789. The Morgan fingerprint density at radius 1 is 1.33 bits per heavy atom. The number of hydrogen-bond donors (Lipinski definition) is 2. The highest BCUT2D eigenvalue weighted by atomic mass is 32.2. The minimum atomic E-state index is -0.566. The molecule has 144 valence electrons. The molecule has 1 heterocycles. The topological polar surface area (TPSA) is 102 Å². The number of urea groups is 1. The first-order valence-corrected chi connectivity index (χ1v) is 9.47. The first-order chi connectivity index (χ1) is 13.0. The van der Waals surface area contributed by atoms with E-state index in [1.54, 1.807) is 19.1 Å². The number of nitrogens with one attached hydrogen (secondary N) is 2. The second-order valence-corrected chi connectivity index (χ2v) is 6.34. The summed E-state index contributed by atoms with van der Waals surface area (Å²) >= 11 is 1.22. The number of aromatic nitrogens is 2. The van der Waals surface area contributed by atoms with Crippen LogP contribution in [0.25, 0.3) is 11.0 Å². The van der Waals surface area contributed by atoms with Crippen LogP contribution in [0.5, 0.6) is 0 Å². The Morgan fingerprint density at radius 3 is 2.78 bits per heavy atom. The van der Waals surface area contributed by atoms with Crippen LogP contribution in [0.15, 0.2) is 36.0 Å². The Labute approximate surface area is 161 Å². The number of carbonyl (C=O) groups excluding carboxylic acids is 3. The van der Waals surface area contributed by atoms with E-state index < -0.39 is 17.9 Å². The molecule has 0 aliphatic rings. The molecule has 9 heteroatoms. The van der Waals surface area contributed by atoms with Crippen molar-refractivity contribution in [2.45, 2.75) is 25.5 Å². The third-order valence-corrected chi connectivity index (χ3v) is 4.51. The molecule has 0 saturated carbocycles. The van der Waals surface area contributed by atoms with Gasteiger partial charge >= 0.3 is 12.0 Å². The molecule has 1 aromatic carbocycles. The number of thioether (sulfide) groups is 1. The van der Waals surface area contributed by atoms with E-state index in [0.29, 0.717) is 29.4 Å². The van der Waals surface area contributed by atoms with Crippen LogP contribution in [0, 0.1) is 0 Å². The lowest BCUT2D eigenvalue weighted by Crippen LogP contribution is -2.40. The number of amides is 3. The van der Waals surface area contributed by atoms with Crippen molar-refractivity contribution in [2.75, 3.05) is 18.9 Å². The molecule has 0 spiro atoms. The van der Waals surface area contributed by atoms with Gasteiger partial charge in [0.15, 0.2) is 5.16 Å². The zero-order valence-electron chi connectivity index (χ0n) is 15.3. The molecule has 2 N–H and O–H groups in total. The molecular weight excluding hydrogens is 368 g/mol. The molecule has 27 heavy (non-hydrogen) atoms. The van der Waals surface area contributed by atoms with E-state index in [1.807, 2.05) is 17.6 Å². The molecular formula is C18H22N4O4S. The van der Waals surface area contributed by atoms with Crippen LogP contribution >= 0.6 is 11.8 Å². The van der Waals surface area contributed by atoms with Crippen LogP contribution < -0.4 is 10.6 Å². The van der Waals surface area contributed by atoms with Gasteiger partial charge in [0.25, 0.3) is 0 Å². The van der Waals surface area contributed by atoms with Gasteiger partial charge in [0.2, 0.25) is 5.91 Å². The van der Waals surface area contributed by atoms with Crippen molar-refractivity contribution in [3.63, 3.8) is 0 Å². The van der Waals surface area contributed by atoms with Crippen molar-refractivity contribution >= 4 is 40.7 Å². The number of rotatable bonds is 8. The molecule has 8 nitrogen and oxygen atoms in total. The number of fused-ring (bicyclic) bond motifs is 1. The van der Waals surface area contributed by atoms with Gasteiger partial charge in [-0.1, -0.05) is 17.8 Å². The maximum absolute atomic E-state index is 11.9.